The van der Waals surface area contributed by atoms with Crippen LogP contribution in [0.4, 0.5) is 4.39 Å². The fraction of sp³-hybridized carbons (Fsp3) is 0.700. The minimum absolute atomic E-state index is 0.0231. The van der Waals surface area contributed by atoms with Crippen LogP contribution in [0.25, 0.3) is 0 Å². The average Bonchev–Trinajstić information content (AvgIpc) is 2.58. The third-order valence-electron chi connectivity index (χ3n) is 5.04. The molecule has 0 aromatic heterocycles. The summed E-state index contributed by atoms with van der Waals surface area (Å²) in [6.07, 6.45) is 0.832. The number of hydrogen-bond donors (Lipinski definition) is 1. The normalized spacial score (nSPS) is 26.2. The molecule has 0 saturated carbocycles. The van der Waals surface area contributed by atoms with Crippen LogP contribution in [0.1, 0.15) is 44.4 Å². The summed E-state index contributed by atoms with van der Waals surface area (Å²) >= 11 is 0. The van der Waals surface area contributed by atoms with Crippen molar-refractivity contribution in [2.45, 2.75) is 57.5 Å². The number of alkyl halides is 1. The van der Waals surface area contributed by atoms with E-state index in [1.165, 1.54) is 5.56 Å². The first-order valence-electron chi connectivity index (χ1n) is 9.32. The fourth-order valence-electron chi connectivity index (χ4n) is 3.98. The van der Waals surface area contributed by atoms with Crippen LogP contribution in [-0.4, -0.2) is 61.3 Å². The molecular weight excluding hydrogens is 337 g/mol. The van der Waals surface area contributed by atoms with Gasteiger partial charge in [-0.3, -0.25) is 4.90 Å². The second-order valence-electron chi connectivity index (χ2n) is 8.07. The van der Waals surface area contributed by atoms with E-state index in [1.54, 1.807) is 7.11 Å². The van der Waals surface area contributed by atoms with Gasteiger partial charge in [0.1, 0.15) is 13.3 Å². The zero-order chi connectivity index (χ0) is 18.9. The van der Waals surface area contributed by atoms with Crippen molar-refractivity contribution in [2.24, 2.45) is 0 Å². The average molecular weight is 367 g/mol. The number of fused-ring (bicyclic) bond motifs is 3. The molecule has 1 aromatic rings. The van der Waals surface area contributed by atoms with E-state index < -0.39 is 12.8 Å². The van der Waals surface area contributed by atoms with Crippen LogP contribution in [0.3, 0.4) is 0 Å². The van der Waals surface area contributed by atoms with Gasteiger partial charge in [0.2, 0.25) is 0 Å². The summed E-state index contributed by atoms with van der Waals surface area (Å²) < 4.78 is 29.5. The van der Waals surface area contributed by atoms with Crippen LogP contribution in [0, 0.1) is 0 Å². The Morgan fingerprint density at radius 2 is 2.04 bits per heavy atom. The van der Waals surface area contributed by atoms with E-state index in [9.17, 15) is 9.50 Å². The molecule has 0 bridgehead atoms. The van der Waals surface area contributed by atoms with E-state index in [4.69, 9.17) is 14.2 Å². The summed E-state index contributed by atoms with van der Waals surface area (Å²) in [4.78, 5) is 2.38. The Balaban J connectivity index is 1.83. The number of methoxy groups -OCH3 is 1. The molecule has 146 valence electrons. The van der Waals surface area contributed by atoms with Crippen molar-refractivity contribution in [1.29, 1.82) is 0 Å². The van der Waals surface area contributed by atoms with Crippen LogP contribution >= 0.6 is 0 Å². The maximum Gasteiger partial charge on any atom is 0.161 e. The lowest BCUT2D eigenvalue weighted by molar-refractivity contribution is -0.149. The molecule has 6 heteroatoms. The van der Waals surface area contributed by atoms with E-state index in [0.717, 1.165) is 18.5 Å². The summed E-state index contributed by atoms with van der Waals surface area (Å²) in [5.41, 5.74) is 2.06. The Kier molecular flexibility index (Phi) is 5.75. The number of rotatable bonds is 5. The van der Waals surface area contributed by atoms with E-state index in [2.05, 4.69) is 4.90 Å². The largest absolute Gasteiger partial charge is 0.493 e. The molecule has 0 radical (unpaired) electrons. The Hall–Kier alpha value is -1.37. The van der Waals surface area contributed by atoms with Crippen molar-refractivity contribution < 1.29 is 23.7 Å². The highest BCUT2D eigenvalue weighted by molar-refractivity contribution is 5.49. The summed E-state index contributed by atoms with van der Waals surface area (Å²) in [5, 5.41) is 10.6. The number of hydrogen-bond acceptors (Lipinski definition) is 5. The second-order valence-corrected chi connectivity index (χ2v) is 8.07. The Morgan fingerprint density at radius 1 is 1.27 bits per heavy atom. The van der Waals surface area contributed by atoms with Gasteiger partial charge < -0.3 is 19.3 Å². The van der Waals surface area contributed by atoms with Crippen molar-refractivity contribution in [3.63, 3.8) is 0 Å². The summed E-state index contributed by atoms with van der Waals surface area (Å²) in [5.74, 6) is 1.20. The first kappa shape index (κ1) is 19.4. The summed E-state index contributed by atoms with van der Waals surface area (Å²) in [6.45, 7) is 7.16. The molecule has 1 fully saturated rings. The van der Waals surface area contributed by atoms with E-state index in [-0.39, 0.29) is 24.4 Å². The van der Waals surface area contributed by atoms with Crippen LogP contribution in [0.5, 0.6) is 11.5 Å². The van der Waals surface area contributed by atoms with E-state index >= 15 is 0 Å². The molecule has 5 nitrogen and oxygen atoms in total. The van der Waals surface area contributed by atoms with Gasteiger partial charge in [0.25, 0.3) is 0 Å². The minimum Gasteiger partial charge on any atom is -0.493 e. The van der Waals surface area contributed by atoms with Crippen LogP contribution < -0.4 is 9.47 Å². The number of halogens is 1. The number of aliphatic hydroxyl groups excluding tert-OH is 1. The van der Waals surface area contributed by atoms with E-state index in [1.807, 2.05) is 32.9 Å². The predicted octanol–water partition coefficient (Wildman–Crippen LogP) is 2.89. The Labute approximate surface area is 155 Å². The monoisotopic (exact) mass is 367 g/mol. The zero-order valence-corrected chi connectivity index (χ0v) is 16.1. The lowest BCUT2D eigenvalue weighted by Gasteiger charge is -2.46. The molecule has 2 aliphatic heterocycles. The van der Waals surface area contributed by atoms with Crippen molar-refractivity contribution in [3.8, 4) is 11.5 Å². The summed E-state index contributed by atoms with van der Waals surface area (Å²) in [6, 6.07) is 4.08. The topological polar surface area (TPSA) is 51.2 Å². The van der Waals surface area contributed by atoms with Crippen molar-refractivity contribution in [1.82, 2.24) is 4.90 Å². The van der Waals surface area contributed by atoms with Crippen molar-refractivity contribution in [3.05, 3.63) is 23.3 Å². The number of benzene rings is 1. The molecule has 3 rings (SSSR count). The smallest absolute Gasteiger partial charge is 0.161 e. The van der Waals surface area contributed by atoms with Gasteiger partial charge in [0, 0.05) is 19.1 Å². The van der Waals surface area contributed by atoms with Gasteiger partial charge in [-0.05, 0) is 56.9 Å². The van der Waals surface area contributed by atoms with Crippen molar-refractivity contribution in [2.75, 3.05) is 33.5 Å². The molecule has 0 amide bonds. The molecule has 26 heavy (non-hydrogen) atoms. The predicted molar refractivity (Wildman–Crippen MR) is 97.7 cm³/mol. The third kappa shape index (κ3) is 4.13. The van der Waals surface area contributed by atoms with Crippen molar-refractivity contribution >= 4 is 0 Å². The Morgan fingerprint density at radius 3 is 2.69 bits per heavy atom. The van der Waals surface area contributed by atoms with Gasteiger partial charge in [-0.25, -0.2) is 4.39 Å². The molecular formula is C20H30FNO4. The molecule has 0 spiro atoms. The fourth-order valence-corrected chi connectivity index (χ4v) is 3.98. The highest BCUT2D eigenvalue weighted by Crippen LogP contribution is 2.42. The molecule has 2 heterocycles. The van der Waals surface area contributed by atoms with E-state index in [0.29, 0.717) is 24.5 Å². The van der Waals surface area contributed by atoms with Gasteiger partial charge in [0.15, 0.2) is 11.5 Å². The number of ether oxygens (including phenoxy) is 3. The quantitative estimate of drug-likeness (QED) is 0.867. The SMILES string of the molecule is COc1cc2c(cc1OCCF)CCN1CC(OC(C)(C)C)C(O)CC21. The Bertz CT molecular complexity index is 631. The molecule has 1 N–H and O–H groups in total. The maximum atomic E-state index is 12.5. The van der Waals surface area contributed by atoms with Gasteiger partial charge in [-0.1, -0.05) is 0 Å². The second kappa shape index (κ2) is 7.71. The van der Waals surface area contributed by atoms with Gasteiger partial charge >= 0.3 is 0 Å². The minimum atomic E-state index is -0.530. The van der Waals surface area contributed by atoms with Gasteiger partial charge in [-0.15, -0.1) is 0 Å². The van der Waals surface area contributed by atoms with Gasteiger partial charge in [0.05, 0.1) is 24.9 Å². The molecule has 3 atom stereocenters. The van der Waals surface area contributed by atoms with Crippen LogP contribution in [0.2, 0.25) is 0 Å². The molecule has 1 aromatic carbocycles. The third-order valence-corrected chi connectivity index (χ3v) is 5.04. The molecule has 2 aliphatic rings. The first-order chi connectivity index (χ1) is 12.3. The van der Waals surface area contributed by atoms with Crippen LogP contribution in [0.15, 0.2) is 12.1 Å². The molecule has 1 saturated heterocycles. The first-order valence-corrected chi connectivity index (χ1v) is 9.32. The number of nitrogens with zero attached hydrogens (tertiary/aromatic N) is 1. The molecule has 0 aliphatic carbocycles. The lowest BCUT2D eigenvalue weighted by atomic mass is 9.84. The van der Waals surface area contributed by atoms with Crippen LogP contribution in [-0.2, 0) is 11.2 Å². The highest BCUT2D eigenvalue weighted by atomic mass is 19.1. The zero-order valence-electron chi connectivity index (χ0n) is 16.1. The lowest BCUT2D eigenvalue weighted by Crippen LogP contribution is -2.53. The summed E-state index contributed by atoms with van der Waals surface area (Å²) in [7, 11) is 1.59. The number of piperidine rings is 1. The van der Waals surface area contributed by atoms with Gasteiger partial charge in [-0.2, -0.15) is 0 Å². The highest BCUT2D eigenvalue weighted by Gasteiger charge is 2.40. The number of aliphatic hydroxyl groups is 1. The standard InChI is InChI=1S/C20H30FNO4/c1-20(2,3)26-19-12-22-7-5-13-9-18(25-8-6-21)17(24-4)10-14(13)15(22)11-16(19)23/h9-10,15-16,19,23H,5-8,11-12H2,1-4H3. The maximum absolute atomic E-state index is 12.5. The molecule has 3 unspecified atom stereocenters.